The fourth-order valence-electron chi connectivity index (χ4n) is 2.07. The maximum Gasteiger partial charge on any atom is 0.238 e. The molecule has 1 saturated heterocycles. The molecule has 0 radical (unpaired) electrons. The number of hydrogen-bond acceptors (Lipinski definition) is 4. The molecule has 0 aromatic heterocycles. The number of sulfonamides is 1. The van der Waals surface area contributed by atoms with Gasteiger partial charge in [-0.2, -0.15) is 0 Å². The molecule has 2 N–H and O–H groups in total. The van der Waals surface area contributed by atoms with Crippen LogP contribution in [-0.4, -0.2) is 20.2 Å². The molecule has 19 heavy (non-hydrogen) atoms. The summed E-state index contributed by atoms with van der Waals surface area (Å²) < 4.78 is 22.2. The predicted molar refractivity (Wildman–Crippen MR) is 68.7 cm³/mol. The van der Waals surface area contributed by atoms with Crippen LogP contribution in [0.25, 0.3) is 0 Å². The van der Waals surface area contributed by atoms with Crippen LogP contribution in [0, 0.1) is 5.92 Å². The van der Waals surface area contributed by atoms with Gasteiger partial charge in [0.2, 0.25) is 21.8 Å². The van der Waals surface area contributed by atoms with Crippen LogP contribution in [0.15, 0.2) is 29.2 Å². The topological polar surface area (TPSA) is 97.5 Å². The Balaban J connectivity index is 2.33. The van der Waals surface area contributed by atoms with E-state index in [-0.39, 0.29) is 29.0 Å². The molecule has 1 aromatic carbocycles. The minimum atomic E-state index is -3.77. The number of nitrogens with two attached hydrogens (primary N) is 1. The summed E-state index contributed by atoms with van der Waals surface area (Å²) in [4.78, 5) is 24.8. The van der Waals surface area contributed by atoms with E-state index in [2.05, 4.69) is 0 Å². The van der Waals surface area contributed by atoms with Gasteiger partial charge < -0.3 is 0 Å². The van der Waals surface area contributed by atoms with Crippen LogP contribution in [-0.2, 0) is 19.6 Å². The highest BCUT2D eigenvalue weighted by Gasteiger charge is 2.38. The molecule has 6 nitrogen and oxygen atoms in total. The van der Waals surface area contributed by atoms with Gasteiger partial charge in [-0.05, 0) is 30.7 Å². The van der Waals surface area contributed by atoms with Crippen LogP contribution in [0.1, 0.15) is 19.8 Å². The van der Waals surface area contributed by atoms with Gasteiger partial charge in [-0.15, -0.1) is 0 Å². The molecule has 1 aliphatic heterocycles. The van der Waals surface area contributed by atoms with E-state index in [4.69, 9.17) is 5.14 Å². The standard InChI is InChI=1S/C12H14N2O4S/c1-2-8-7-11(15)14(12(8)16)9-3-5-10(6-4-9)19(13,17)18/h3-6,8H,2,7H2,1H3,(H2,13,17,18)/t8-/m1/s1. The second kappa shape index (κ2) is 4.75. The summed E-state index contributed by atoms with van der Waals surface area (Å²) in [7, 11) is -3.77. The molecule has 2 amide bonds. The number of rotatable bonds is 3. The number of imide groups is 1. The van der Waals surface area contributed by atoms with E-state index in [1.165, 1.54) is 24.3 Å². The third-order valence-electron chi connectivity index (χ3n) is 3.16. The first-order valence-corrected chi connectivity index (χ1v) is 7.39. The van der Waals surface area contributed by atoms with Gasteiger partial charge in [0.05, 0.1) is 10.6 Å². The van der Waals surface area contributed by atoms with Crippen LogP contribution in [0.2, 0.25) is 0 Å². The van der Waals surface area contributed by atoms with Gasteiger partial charge in [0, 0.05) is 12.3 Å². The Labute approximate surface area is 111 Å². The van der Waals surface area contributed by atoms with E-state index < -0.39 is 10.0 Å². The fraction of sp³-hybridized carbons (Fsp3) is 0.333. The van der Waals surface area contributed by atoms with Crippen LogP contribution >= 0.6 is 0 Å². The molecule has 2 rings (SSSR count). The number of nitrogens with zero attached hydrogens (tertiary/aromatic N) is 1. The number of primary sulfonamides is 1. The minimum absolute atomic E-state index is 0.0533. The molecule has 1 fully saturated rings. The number of carbonyl (C=O) groups is 2. The number of carbonyl (C=O) groups excluding carboxylic acids is 2. The van der Waals surface area contributed by atoms with Crippen LogP contribution in [0.5, 0.6) is 0 Å². The SMILES string of the molecule is CC[C@@H]1CC(=O)N(c2ccc(S(N)(=O)=O)cc2)C1=O. The molecule has 0 unspecified atom stereocenters. The first kappa shape index (κ1) is 13.7. The van der Waals surface area contributed by atoms with E-state index in [1.807, 2.05) is 6.92 Å². The summed E-state index contributed by atoms with van der Waals surface area (Å²) in [5.74, 6) is -0.790. The summed E-state index contributed by atoms with van der Waals surface area (Å²) in [6.07, 6.45) is 0.808. The Hall–Kier alpha value is -1.73. The zero-order valence-corrected chi connectivity index (χ0v) is 11.2. The van der Waals surface area contributed by atoms with Gasteiger partial charge in [-0.25, -0.2) is 13.6 Å². The van der Waals surface area contributed by atoms with E-state index in [9.17, 15) is 18.0 Å². The van der Waals surface area contributed by atoms with Crippen molar-refractivity contribution < 1.29 is 18.0 Å². The Morgan fingerprint density at radius 3 is 2.26 bits per heavy atom. The summed E-state index contributed by atoms with van der Waals surface area (Å²) in [5.41, 5.74) is 0.373. The van der Waals surface area contributed by atoms with Crippen LogP contribution < -0.4 is 10.0 Å². The van der Waals surface area contributed by atoms with Crippen molar-refractivity contribution in [3.63, 3.8) is 0 Å². The number of hydrogen-bond donors (Lipinski definition) is 1. The maximum atomic E-state index is 12.0. The first-order valence-electron chi connectivity index (χ1n) is 5.84. The molecule has 0 spiro atoms. The molecule has 102 valence electrons. The molecule has 1 aliphatic rings. The number of benzene rings is 1. The van der Waals surface area contributed by atoms with Gasteiger partial charge >= 0.3 is 0 Å². The van der Waals surface area contributed by atoms with Crippen molar-refractivity contribution in [2.75, 3.05) is 4.90 Å². The highest BCUT2D eigenvalue weighted by molar-refractivity contribution is 7.89. The van der Waals surface area contributed by atoms with Gasteiger partial charge in [-0.3, -0.25) is 14.5 Å². The summed E-state index contributed by atoms with van der Waals surface area (Å²) >= 11 is 0. The van der Waals surface area contributed by atoms with Crippen LogP contribution in [0.3, 0.4) is 0 Å². The Kier molecular flexibility index (Phi) is 3.42. The van der Waals surface area contributed by atoms with Crippen molar-refractivity contribution in [2.45, 2.75) is 24.7 Å². The van der Waals surface area contributed by atoms with Crippen molar-refractivity contribution in [2.24, 2.45) is 11.1 Å². The Morgan fingerprint density at radius 1 is 1.26 bits per heavy atom. The average molecular weight is 282 g/mol. The van der Waals surface area contributed by atoms with Crippen molar-refractivity contribution in [1.82, 2.24) is 0 Å². The lowest BCUT2D eigenvalue weighted by Crippen LogP contribution is -2.30. The van der Waals surface area contributed by atoms with Crippen molar-refractivity contribution in [3.8, 4) is 0 Å². The molecule has 1 atom stereocenters. The summed E-state index contributed by atoms with van der Waals surface area (Å²) in [6, 6.07) is 5.39. The first-order chi connectivity index (χ1) is 8.84. The van der Waals surface area contributed by atoms with Gasteiger partial charge in [0.15, 0.2) is 0 Å². The molecule has 1 aromatic rings. The zero-order chi connectivity index (χ0) is 14.2. The normalized spacial score (nSPS) is 20.1. The zero-order valence-electron chi connectivity index (χ0n) is 10.4. The van der Waals surface area contributed by atoms with Crippen LogP contribution in [0.4, 0.5) is 5.69 Å². The molecular weight excluding hydrogens is 268 g/mol. The monoisotopic (exact) mass is 282 g/mol. The number of anilines is 1. The highest BCUT2D eigenvalue weighted by atomic mass is 32.2. The van der Waals surface area contributed by atoms with Gasteiger partial charge in [0.25, 0.3) is 0 Å². The second-order valence-electron chi connectivity index (χ2n) is 4.42. The summed E-state index contributed by atoms with van der Waals surface area (Å²) in [6.45, 7) is 1.85. The van der Waals surface area contributed by atoms with Crippen molar-refractivity contribution in [3.05, 3.63) is 24.3 Å². The van der Waals surface area contributed by atoms with Crippen molar-refractivity contribution in [1.29, 1.82) is 0 Å². The Bertz CT molecular complexity index is 622. The summed E-state index contributed by atoms with van der Waals surface area (Å²) in [5, 5.41) is 4.98. The quantitative estimate of drug-likeness (QED) is 0.822. The Morgan fingerprint density at radius 2 is 1.84 bits per heavy atom. The molecule has 1 heterocycles. The van der Waals surface area contributed by atoms with Crippen molar-refractivity contribution >= 4 is 27.5 Å². The smallest absolute Gasteiger partial charge is 0.238 e. The van der Waals surface area contributed by atoms with E-state index in [0.29, 0.717) is 12.1 Å². The maximum absolute atomic E-state index is 12.0. The van der Waals surface area contributed by atoms with E-state index in [1.54, 1.807) is 0 Å². The lowest BCUT2D eigenvalue weighted by atomic mass is 10.1. The largest absolute Gasteiger partial charge is 0.274 e. The highest BCUT2D eigenvalue weighted by Crippen LogP contribution is 2.28. The third kappa shape index (κ3) is 2.52. The fourth-order valence-corrected chi connectivity index (χ4v) is 2.59. The molecule has 0 bridgehead atoms. The minimum Gasteiger partial charge on any atom is -0.274 e. The molecule has 7 heteroatoms. The van der Waals surface area contributed by atoms with Gasteiger partial charge in [0.1, 0.15) is 0 Å². The van der Waals surface area contributed by atoms with E-state index in [0.717, 1.165) is 4.90 Å². The molecule has 0 saturated carbocycles. The van der Waals surface area contributed by atoms with E-state index >= 15 is 0 Å². The lowest BCUT2D eigenvalue weighted by Gasteiger charge is -2.14. The number of amides is 2. The molecule has 0 aliphatic carbocycles. The second-order valence-corrected chi connectivity index (χ2v) is 5.98. The third-order valence-corrected chi connectivity index (χ3v) is 4.09. The molecular formula is C12H14N2O4S. The average Bonchev–Trinajstić information content (AvgIpc) is 2.63. The van der Waals surface area contributed by atoms with Gasteiger partial charge in [-0.1, -0.05) is 6.92 Å². The lowest BCUT2D eigenvalue weighted by molar-refractivity contribution is -0.122. The predicted octanol–water partition coefficient (Wildman–Crippen LogP) is 0.624.